The van der Waals surface area contributed by atoms with Crippen LogP contribution in [0.25, 0.3) is 0 Å². The van der Waals surface area contributed by atoms with Crippen molar-refractivity contribution in [1.29, 1.82) is 0 Å². The van der Waals surface area contributed by atoms with Crippen LogP contribution < -0.4 is 10.6 Å². The summed E-state index contributed by atoms with van der Waals surface area (Å²) in [5.74, 6) is 1.29. The maximum Gasteiger partial charge on any atom is 0.223 e. The van der Waals surface area contributed by atoms with Crippen LogP contribution >= 0.6 is 24.0 Å². The molecule has 1 aromatic carbocycles. The van der Waals surface area contributed by atoms with E-state index in [-0.39, 0.29) is 35.8 Å². The van der Waals surface area contributed by atoms with Crippen LogP contribution in [0.3, 0.4) is 0 Å². The van der Waals surface area contributed by atoms with Crippen molar-refractivity contribution in [1.82, 2.24) is 15.5 Å². The number of benzene rings is 1. The molecule has 1 aliphatic rings. The van der Waals surface area contributed by atoms with E-state index in [1.54, 1.807) is 7.05 Å². The minimum absolute atomic E-state index is 0. The largest absolute Gasteiger partial charge is 0.354 e. The molecule has 0 aliphatic heterocycles. The molecule has 0 saturated heterocycles. The minimum Gasteiger partial charge on any atom is -0.354 e. The molecule has 0 aromatic heterocycles. The van der Waals surface area contributed by atoms with Crippen LogP contribution in [0.15, 0.2) is 29.3 Å². The standard InChI is InChI=1S/C17H26N4O.HI/c1-13-6-4-5-7-15(13)12-21(3)17(18-2)20-11-10-19-16(22)14-8-9-14;/h4-7,14H,8-12H2,1-3H3,(H,18,20)(H,19,22);1H. The van der Waals surface area contributed by atoms with Crippen molar-refractivity contribution in [2.75, 3.05) is 27.2 Å². The van der Waals surface area contributed by atoms with E-state index in [4.69, 9.17) is 0 Å². The van der Waals surface area contributed by atoms with Crippen LogP contribution in [0.2, 0.25) is 0 Å². The van der Waals surface area contributed by atoms with Gasteiger partial charge in [-0.3, -0.25) is 9.79 Å². The van der Waals surface area contributed by atoms with Gasteiger partial charge >= 0.3 is 0 Å². The van der Waals surface area contributed by atoms with Gasteiger partial charge in [-0.25, -0.2) is 0 Å². The molecule has 0 bridgehead atoms. The second-order valence-electron chi connectivity index (χ2n) is 5.82. The molecule has 1 aromatic rings. The van der Waals surface area contributed by atoms with E-state index in [1.807, 2.05) is 7.05 Å². The summed E-state index contributed by atoms with van der Waals surface area (Å²) >= 11 is 0. The maximum absolute atomic E-state index is 11.6. The van der Waals surface area contributed by atoms with E-state index >= 15 is 0 Å². The number of aliphatic imine (C=N–C) groups is 1. The second-order valence-corrected chi connectivity index (χ2v) is 5.82. The summed E-state index contributed by atoms with van der Waals surface area (Å²) < 4.78 is 0. The Kier molecular flexibility index (Phi) is 8.36. The summed E-state index contributed by atoms with van der Waals surface area (Å²) in [7, 11) is 3.80. The molecule has 6 heteroatoms. The number of nitrogens with one attached hydrogen (secondary N) is 2. The van der Waals surface area contributed by atoms with E-state index in [9.17, 15) is 4.79 Å². The highest BCUT2D eigenvalue weighted by Crippen LogP contribution is 2.28. The number of rotatable bonds is 6. The molecule has 0 atom stereocenters. The predicted molar refractivity (Wildman–Crippen MR) is 105 cm³/mol. The van der Waals surface area contributed by atoms with Crippen molar-refractivity contribution in [2.24, 2.45) is 10.9 Å². The first-order valence-electron chi connectivity index (χ1n) is 7.86. The Labute approximate surface area is 156 Å². The molecule has 0 spiro atoms. The van der Waals surface area contributed by atoms with Gasteiger partial charge < -0.3 is 15.5 Å². The summed E-state index contributed by atoms with van der Waals surface area (Å²) in [6, 6.07) is 8.36. The first kappa shape index (κ1) is 19.7. The molecule has 5 nitrogen and oxygen atoms in total. The normalized spacial score (nSPS) is 14.0. The number of guanidine groups is 1. The summed E-state index contributed by atoms with van der Waals surface area (Å²) in [6.07, 6.45) is 2.08. The fourth-order valence-corrected chi connectivity index (χ4v) is 2.35. The van der Waals surface area contributed by atoms with E-state index in [2.05, 4.69) is 51.7 Å². The van der Waals surface area contributed by atoms with E-state index in [0.29, 0.717) is 13.1 Å². The smallest absolute Gasteiger partial charge is 0.223 e. The number of carbonyl (C=O) groups excluding carboxylic acids is 1. The van der Waals surface area contributed by atoms with Crippen molar-refractivity contribution in [3.05, 3.63) is 35.4 Å². The van der Waals surface area contributed by atoms with Crippen LogP contribution in [0, 0.1) is 12.8 Å². The minimum atomic E-state index is 0. The Balaban J connectivity index is 0.00000264. The SMILES string of the molecule is CN=C(NCCNC(=O)C1CC1)N(C)Cc1ccccc1C.I. The van der Waals surface area contributed by atoms with Gasteiger partial charge in [0.2, 0.25) is 5.91 Å². The van der Waals surface area contributed by atoms with Crippen LogP contribution in [0.5, 0.6) is 0 Å². The number of halogens is 1. The lowest BCUT2D eigenvalue weighted by molar-refractivity contribution is -0.122. The third-order valence-electron chi connectivity index (χ3n) is 3.90. The molecule has 2 rings (SSSR count). The van der Waals surface area contributed by atoms with E-state index in [0.717, 1.165) is 25.3 Å². The van der Waals surface area contributed by atoms with Crippen molar-refractivity contribution >= 4 is 35.8 Å². The zero-order valence-electron chi connectivity index (χ0n) is 14.1. The molecule has 23 heavy (non-hydrogen) atoms. The predicted octanol–water partition coefficient (Wildman–Crippen LogP) is 2.15. The van der Waals surface area contributed by atoms with Gasteiger partial charge in [0.05, 0.1) is 0 Å². The lowest BCUT2D eigenvalue weighted by Gasteiger charge is -2.23. The topological polar surface area (TPSA) is 56.7 Å². The second kappa shape index (κ2) is 9.75. The lowest BCUT2D eigenvalue weighted by atomic mass is 10.1. The van der Waals surface area contributed by atoms with Gasteiger partial charge in [-0.15, -0.1) is 24.0 Å². The summed E-state index contributed by atoms with van der Waals surface area (Å²) in [4.78, 5) is 17.9. The zero-order chi connectivity index (χ0) is 15.9. The summed E-state index contributed by atoms with van der Waals surface area (Å²) in [6.45, 7) is 4.24. The van der Waals surface area contributed by atoms with Gasteiger partial charge in [0.1, 0.15) is 0 Å². The Hall–Kier alpha value is -1.31. The van der Waals surface area contributed by atoms with Crippen LogP contribution in [-0.4, -0.2) is 44.0 Å². The first-order valence-corrected chi connectivity index (χ1v) is 7.86. The molecular weight excluding hydrogens is 403 g/mol. The Morgan fingerprint density at radius 3 is 2.52 bits per heavy atom. The molecule has 0 unspecified atom stereocenters. The van der Waals surface area contributed by atoms with Crippen molar-refractivity contribution in [3.8, 4) is 0 Å². The highest BCUT2D eigenvalue weighted by Gasteiger charge is 2.28. The number of carbonyl (C=O) groups is 1. The fourth-order valence-electron chi connectivity index (χ4n) is 2.35. The molecule has 0 heterocycles. The van der Waals surface area contributed by atoms with Gasteiger partial charge in [0.25, 0.3) is 0 Å². The van der Waals surface area contributed by atoms with Crippen LogP contribution in [-0.2, 0) is 11.3 Å². The van der Waals surface area contributed by atoms with Crippen molar-refractivity contribution < 1.29 is 4.79 Å². The molecule has 0 radical (unpaired) electrons. The van der Waals surface area contributed by atoms with Crippen molar-refractivity contribution in [3.63, 3.8) is 0 Å². The first-order chi connectivity index (χ1) is 10.6. The van der Waals surface area contributed by atoms with E-state index < -0.39 is 0 Å². The third kappa shape index (κ3) is 6.37. The molecule has 1 saturated carbocycles. The van der Waals surface area contributed by atoms with Crippen LogP contribution in [0.1, 0.15) is 24.0 Å². The van der Waals surface area contributed by atoms with Gasteiger partial charge in [-0.1, -0.05) is 24.3 Å². The quantitative estimate of drug-likeness (QED) is 0.315. The molecule has 2 N–H and O–H groups in total. The Bertz CT molecular complexity index is 543. The van der Waals surface area contributed by atoms with E-state index in [1.165, 1.54) is 11.1 Å². The van der Waals surface area contributed by atoms with Gasteiger partial charge in [-0.05, 0) is 30.9 Å². The third-order valence-corrected chi connectivity index (χ3v) is 3.90. The molecule has 1 amide bonds. The average molecular weight is 430 g/mol. The Morgan fingerprint density at radius 1 is 1.26 bits per heavy atom. The van der Waals surface area contributed by atoms with Crippen molar-refractivity contribution in [2.45, 2.75) is 26.3 Å². The highest BCUT2D eigenvalue weighted by atomic mass is 127. The molecule has 128 valence electrons. The lowest BCUT2D eigenvalue weighted by Crippen LogP contribution is -2.42. The Morgan fingerprint density at radius 2 is 1.91 bits per heavy atom. The number of aryl methyl sites for hydroxylation is 1. The molecular formula is C17H27IN4O. The van der Waals surface area contributed by atoms with Gasteiger partial charge in [0.15, 0.2) is 5.96 Å². The fraction of sp³-hybridized carbons (Fsp3) is 0.529. The number of hydrogen-bond donors (Lipinski definition) is 2. The average Bonchev–Trinajstić information content (AvgIpc) is 3.34. The maximum atomic E-state index is 11.6. The number of nitrogens with zero attached hydrogens (tertiary/aromatic N) is 2. The highest BCUT2D eigenvalue weighted by molar-refractivity contribution is 14.0. The summed E-state index contributed by atoms with van der Waals surface area (Å²) in [5.41, 5.74) is 2.57. The summed E-state index contributed by atoms with van der Waals surface area (Å²) in [5, 5.41) is 6.23. The van der Waals surface area contributed by atoms with Gasteiger partial charge in [-0.2, -0.15) is 0 Å². The zero-order valence-corrected chi connectivity index (χ0v) is 16.5. The number of hydrogen-bond acceptors (Lipinski definition) is 2. The van der Waals surface area contributed by atoms with Gasteiger partial charge in [0, 0.05) is 39.6 Å². The molecule has 1 fully saturated rings. The monoisotopic (exact) mass is 430 g/mol. The molecule has 1 aliphatic carbocycles. The van der Waals surface area contributed by atoms with Crippen LogP contribution in [0.4, 0.5) is 0 Å². The number of amides is 1.